The van der Waals surface area contributed by atoms with Crippen LogP contribution in [-0.4, -0.2) is 31.4 Å². The first-order valence-corrected chi connectivity index (χ1v) is 7.38. The van der Waals surface area contributed by atoms with Crippen molar-refractivity contribution in [1.82, 2.24) is 10.2 Å². The number of benzene rings is 2. The minimum Gasteiger partial charge on any atom is -0.399 e. The van der Waals surface area contributed by atoms with Crippen LogP contribution in [0.3, 0.4) is 0 Å². The Labute approximate surface area is 131 Å². The molecule has 22 heavy (non-hydrogen) atoms. The second-order valence-corrected chi connectivity index (χ2v) is 5.71. The smallest absolute Gasteiger partial charge is 0.224 e. The average molecular weight is 297 g/mol. The molecule has 1 atom stereocenters. The van der Waals surface area contributed by atoms with Crippen LogP contribution >= 0.6 is 0 Å². The van der Waals surface area contributed by atoms with Crippen molar-refractivity contribution in [2.75, 3.05) is 26.4 Å². The summed E-state index contributed by atoms with van der Waals surface area (Å²) in [7, 11) is 4.00. The summed E-state index contributed by atoms with van der Waals surface area (Å²) in [5.41, 5.74) is 8.44. The van der Waals surface area contributed by atoms with Crippen molar-refractivity contribution in [1.29, 1.82) is 0 Å². The maximum Gasteiger partial charge on any atom is 0.224 e. The molecule has 0 spiro atoms. The van der Waals surface area contributed by atoms with Gasteiger partial charge in [-0.25, -0.2) is 0 Å². The molecule has 0 bridgehead atoms. The van der Waals surface area contributed by atoms with Crippen molar-refractivity contribution >= 4 is 11.6 Å². The standard InChI is InChI=1S/C18H23N3O/c1-21(2)13-17(15-6-4-3-5-7-15)20-18(22)12-14-8-10-16(19)11-9-14/h3-11,17H,12-13,19H2,1-2H3,(H,20,22). The highest BCUT2D eigenvalue weighted by Crippen LogP contribution is 2.14. The lowest BCUT2D eigenvalue weighted by molar-refractivity contribution is -0.121. The van der Waals surface area contributed by atoms with Gasteiger partial charge in [0, 0.05) is 12.2 Å². The van der Waals surface area contributed by atoms with Gasteiger partial charge in [0.1, 0.15) is 0 Å². The molecule has 0 saturated heterocycles. The molecule has 0 aliphatic rings. The molecule has 1 unspecified atom stereocenters. The molecular formula is C18H23N3O. The molecule has 0 heterocycles. The van der Waals surface area contributed by atoms with Crippen molar-refractivity contribution < 1.29 is 4.79 Å². The van der Waals surface area contributed by atoms with E-state index in [4.69, 9.17) is 5.73 Å². The number of anilines is 1. The van der Waals surface area contributed by atoms with E-state index in [1.165, 1.54) is 0 Å². The van der Waals surface area contributed by atoms with Crippen LogP contribution in [0.2, 0.25) is 0 Å². The maximum absolute atomic E-state index is 12.3. The van der Waals surface area contributed by atoms with Crippen LogP contribution in [0.5, 0.6) is 0 Å². The van der Waals surface area contributed by atoms with Gasteiger partial charge in [-0.3, -0.25) is 4.79 Å². The van der Waals surface area contributed by atoms with E-state index in [9.17, 15) is 4.79 Å². The number of nitrogens with two attached hydrogens (primary N) is 1. The molecule has 4 heteroatoms. The minimum absolute atomic E-state index is 0.0143. The quantitative estimate of drug-likeness (QED) is 0.804. The van der Waals surface area contributed by atoms with Gasteiger partial charge >= 0.3 is 0 Å². The lowest BCUT2D eigenvalue weighted by atomic mass is 10.1. The fraction of sp³-hybridized carbons (Fsp3) is 0.278. The molecule has 0 radical (unpaired) electrons. The number of hydrogen-bond acceptors (Lipinski definition) is 3. The Morgan fingerprint density at radius 3 is 2.32 bits per heavy atom. The van der Waals surface area contributed by atoms with Crippen LogP contribution in [-0.2, 0) is 11.2 Å². The molecule has 116 valence electrons. The highest BCUT2D eigenvalue weighted by Gasteiger charge is 2.15. The number of hydrogen-bond donors (Lipinski definition) is 2. The molecule has 0 aliphatic carbocycles. The van der Waals surface area contributed by atoms with Gasteiger partial charge in [-0.15, -0.1) is 0 Å². The van der Waals surface area contributed by atoms with Crippen LogP contribution in [0.1, 0.15) is 17.2 Å². The fourth-order valence-corrected chi connectivity index (χ4v) is 2.35. The Morgan fingerprint density at radius 1 is 1.09 bits per heavy atom. The highest BCUT2D eigenvalue weighted by molar-refractivity contribution is 5.79. The summed E-state index contributed by atoms with van der Waals surface area (Å²) in [6.45, 7) is 0.761. The summed E-state index contributed by atoms with van der Waals surface area (Å²) in [6, 6.07) is 17.4. The number of nitrogen functional groups attached to an aromatic ring is 1. The van der Waals surface area contributed by atoms with Crippen molar-refractivity contribution in [3.63, 3.8) is 0 Å². The Kier molecular flexibility index (Phi) is 5.55. The molecule has 1 amide bonds. The van der Waals surface area contributed by atoms with Crippen LogP contribution in [0, 0.1) is 0 Å². The van der Waals surface area contributed by atoms with E-state index in [0.29, 0.717) is 12.1 Å². The molecule has 0 aromatic heterocycles. The SMILES string of the molecule is CN(C)CC(NC(=O)Cc1ccc(N)cc1)c1ccccc1. The third-order valence-electron chi connectivity index (χ3n) is 3.43. The molecule has 0 saturated carbocycles. The summed E-state index contributed by atoms with van der Waals surface area (Å²) < 4.78 is 0. The van der Waals surface area contributed by atoms with Crippen molar-refractivity contribution in [2.24, 2.45) is 0 Å². The number of carbonyl (C=O) groups is 1. The summed E-state index contributed by atoms with van der Waals surface area (Å²) in [6.07, 6.45) is 0.358. The van der Waals surface area contributed by atoms with E-state index in [1.807, 2.05) is 68.7 Å². The lowest BCUT2D eigenvalue weighted by Gasteiger charge is -2.23. The predicted octanol–water partition coefficient (Wildman–Crippen LogP) is 2.23. The van der Waals surface area contributed by atoms with Gasteiger partial charge in [-0.05, 0) is 37.4 Å². The van der Waals surface area contributed by atoms with Gasteiger partial charge < -0.3 is 16.0 Å². The van der Waals surface area contributed by atoms with Crippen LogP contribution in [0.15, 0.2) is 54.6 Å². The van der Waals surface area contributed by atoms with Gasteiger partial charge in [0.2, 0.25) is 5.91 Å². The Hall–Kier alpha value is -2.33. The molecule has 2 rings (SSSR count). The van der Waals surface area contributed by atoms with Gasteiger partial charge in [-0.1, -0.05) is 42.5 Å². The minimum atomic E-state index is -0.0162. The predicted molar refractivity (Wildman–Crippen MR) is 90.4 cm³/mol. The first-order valence-electron chi connectivity index (χ1n) is 7.38. The fourth-order valence-electron chi connectivity index (χ4n) is 2.35. The topological polar surface area (TPSA) is 58.4 Å². The number of nitrogens with one attached hydrogen (secondary N) is 1. The van der Waals surface area contributed by atoms with E-state index < -0.39 is 0 Å². The van der Waals surface area contributed by atoms with Crippen LogP contribution in [0.4, 0.5) is 5.69 Å². The first-order chi connectivity index (χ1) is 10.5. The number of amides is 1. The summed E-state index contributed by atoms with van der Waals surface area (Å²) in [4.78, 5) is 14.4. The van der Waals surface area contributed by atoms with E-state index in [1.54, 1.807) is 0 Å². The summed E-state index contributed by atoms with van der Waals surface area (Å²) >= 11 is 0. The summed E-state index contributed by atoms with van der Waals surface area (Å²) in [5.74, 6) is 0.0143. The number of rotatable bonds is 6. The number of nitrogens with zero attached hydrogens (tertiary/aromatic N) is 1. The average Bonchev–Trinajstić information content (AvgIpc) is 2.49. The Bertz CT molecular complexity index is 593. The number of carbonyl (C=O) groups excluding carboxylic acids is 1. The molecular weight excluding hydrogens is 274 g/mol. The Morgan fingerprint density at radius 2 is 1.73 bits per heavy atom. The molecule has 0 fully saturated rings. The zero-order valence-electron chi connectivity index (χ0n) is 13.1. The van der Waals surface area contributed by atoms with E-state index >= 15 is 0 Å². The summed E-state index contributed by atoms with van der Waals surface area (Å²) in [5, 5.41) is 3.12. The molecule has 3 N–H and O–H groups in total. The largest absolute Gasteiger partial charge is 0.399 e. The highest BCUT2D eigenvalue weighted by atomic mass is 16.1. The zero-order valence-corrected chi connectivity index (χ0v) is 13.1. The van der Waals surface area contributed by atoms with E-state index in [-0.39, 0.29) is 11.9 Å². The van der Waals surface area contributed by atoms with Gasteiger partial charge in [0.15, 0.2) is 0 Å². The molecule has 2 aromatic rings. The zero-order chi connectivity index (χ0) is 15.9. The van der Waals surface area contributed by atoms with Crippen LogP contribution in [0.25, 0.3) is 0 Å². The number of likely N-dealkylation sites (N-methyl/N-ethyl adjacent to an activating group) is 1. The third kappa shape index (κ3) is 4.90. The second-order valence-electron chi connectivity index (χ2n) is 5.71. The maximum atomic E-state index is 12.3. The van der Waals surface area contributed by atoms with Crippen LogP contribution < -0.4 is 11.1 Å². The third-order valence-corrected chi connectivity index (χ3v) is 3.43. The lowest BCUT2D eigenvalue weighted by Crippen LogP contribution is -2.36. The molecule has 2 aromatic carbocycles. The second kappa shape index (κ2) is 7.61. The normalized spacial score (nSPS) is 12.1. The monoisotopic (exact) mass is 297 g/mol. The van der Waals surface area contributed by atoms with Gasteiger partial charge in [-0.2, -0.15) is 0 Å². The van der Waals surface area contributed by atoms with Gasteiger partial charge in [0.25, 0.3) is 0 Å². The van der Waals surface area contributed by atoms with Crippen molar-refractivity contribution in [3.05, 3.63) is 65.7 Å². The molecule has 0 aliphatic heterocycles. The van der Waals surface area contributed by atoms with Crippen molar-refractivity contribution in [2.45, 2.75) is 12.5 Å². The van der Waals surface area contributed by atoms with Crippen molar-refractivity contribution in [3.8, 4) is 0 Å². The first kappa shape index (κ1) is 16.0. The van der Waals surface area contributed by atoms with Gasteiger partial charge in [0.05, 0.1) is 12.5 Å². The van der Waals surface area contributed by atoms with E-state index in [2.05, 4.69) is 10.2 Å². The van der Waals surface area contributed by atoms with E-state index in [0.717, 1.165) is 17.7 Å². The Balaban J connectivity index is 2.03. The molecule has 4 nitrogen and oxygen atoms in total.